The van der Waals surface area contributed by atoms with E-state index in [-0.39, 0.29) is 23.7 Å². The molecular formula is C15H21FN2O3. The number of carbonyl (C=O) groups excluding carboxylic acids is 2. The maximum Gasteiger partial charge on any atom is 0.251 e. The molecule has 0 saturated heterocycles. The molecule has 2 amide bonds. The highest BCUT2D eigenvalue weighted by molar-refractivity contribution is 5.96. The van der Waals surface area contributed by atoms with Crippen LogP contribution < -0.4 is 10.6 Å². The Labute approximate surface area is 123 Å². The van der Waals surface area contributed by atoms with E-state index in [1.54, 1.807) is 0 Å². The molecule has 0 aliphatic rings. The Morgan fingerprint density at radius 2 is 2.05 bits per heavy atom. The van der Waals surface area contributed by atoms with Crippen molar-refractivity contribution in [2.45, 2.75) is 33.3 Å². The number of benzene rings is 1. The average Bonchev–Trinajstić information content (AvgIpc) is 2.45. The second-order valence-electron chi connectivity index (χ2n) is 5.04. The largest absolute Gasteiger partial charge is 0.391 e. The van der Waals surface area contributed by atoms with Crippen molar-refractivity contribution in [1.82, 2.24) is 5.32 Å². The lowest BCUT2D eigenvalue weighted by Crippen LogP contribution is -2.35. The van der Waals surface area contributed by atoms with E-state index >= 15 is 0 Å². The third kappa shape index (κ3) is 5.15. The molecule has 0 radical (unpaired) electrons. The zero-order chi connectivity index (χ0) is 16.0. The van der Waals surface area contributed by atoms with Crippen LogP contribution in [-0.4, -0.2) is 29.6 Å². The highest BCUT2D eigenvalue weighted by Gasteiger charge is 2.15. The van der Waals surface area contributed by atoms with Crippen molar-refractivity contribution in [2.24, 2.45) is 5.92 Å². The summed E-state index contributed by atoms with van der Waals surface area (Å²) >= 11 is 0. The predicted molar refractivity (Wildman–Crippen MR) is 78.5 cm³/mol. The molecule has 3 N–H and O–H groups in total. The van der Waals surface area contributed by atoms with E-state index in [1.807, 2.05) is 13.8 Å². The number of carbonyl (C=O) groups is 2. The summed E-state index contributed by atoms with van der Waals surface area (Å²) in [5, 5.41) is 14.7. The number of nitrogens with one attached hydrogen (secondary N) is 2. The number of rotatable bonds is 6. The molecular weight excluding hydrogens is 275 g/mol. The van der Waals surface area contributed by atoms with E-state index < -0.39 is 23.7 Å². The van der Waals surface area contributed by atoms with Crippen LogP contribution in [0.4, 0.5) is 10.1 Å². The number of anilines is 1. The van der Waals surface area contributed by atoms with Crippen molar-refractivity contribution < 1.29 is 19.1 Å². The molecule has 0 aromatic heterocycles. The number of aliphatic hydroxyl groups excluding tert-OH is 1. The lowest BCUT2D eigenvalue weighted by atomic mass is 10.0. The molecule has 0 aliphatic carbocycles. The third-order valence-electron chi connectivity index (χ3n) is 3.31. The van der Waals surface area contributed by atoms with Gasteiger partial charge in [0.15, 0.2) is 0 Å². The Morgan fingerprint density at radius 3 is 2.62 bits per heavy atom. The van der Waals surface area contributed by atoms with E-state index in [4.69, 9.17) is 0 Å². The summed E-state index contributed by atoms with van der Waals surface area (Å²) < 4.78 is 13.5. The van der Waals surface area contributed by atoms with Crippen LogP contribution in [0.2, 0.25) is 0 Å². The average molecular weight is 296 g/mol. The van der Waals surface area contributed by atoms with Crippen molar-refractivity contribution >= 4 is 17.5 Å². The van der Waals surface area contributed by atoms with Crippen molar-refractivity contribution in [1.29, 1.82) is 0 Å². The predicted octanol–water partition coefficient (Wildman–Crippen LogP) is 1.92. The second kappa shape index (κ2) is 7.73. The van der Waals surface area contributed by atoms with E-state index in [1.165, 1.54) is 19.1 Å². The Bertz CT molecular complexity index is 520. The van der Waals surface area contributed by atoms with Crippen LogP contribution in [0, 0.1) is 11.7 Å². The van der Waals surface area contributed by atoms with Gasteiger partial charge in [-0.1, -0.05) is 20.3 Å². The molecule has 1 aromatic carbocycles. The Hall–Kier alpha value is -1.95. The van der Waals surface area contributed by atoms with Crippen LogP contribution in [0.15, 0.2) is 18.2 Å². The first-order valence-corrected chi connectivity index (χ1v) is 6.88. The molecule has 0 fully saturated rings. The molecule has 2 atom stereocenters. The maximum absolute atomic E-state index is 13.5. The molecule has 21 heavy (non-hydrogen) atoms. The minimum atomic E-state index is -0.630. The van der Waals surface area contributed by atoms with Gasteiger partial charge in [0.2, 0.25) is 5.91 Å². The summed E-state index contributed by atoms with van der Waals surface area (Å²) in [5.74, 6) is -1.38. The quantitative estimate of drug-likeness (QED) is 0.750. The molecule has 116 valence electrons. The normalized spacial score (nSPS) is 13.4. The van der Waals surface area contributed by atoms with E-state index in [2.05, 4.69) is 10.6 Å². The molecule has 0 saturated carbocycles. The van der Waals surface area contributed by atoms with E-state index in [0.29, 0.717) is 0 Å². The molecule has 0 aliphatic heterocycles. The van der Waals surface area contributed by atoms with Gasteiger partial charge in [0.25, 0.3) is 5.91 Å². The van der Waals surface area contributed by atoms with Crippen LogP contribution in [0.5, 0.6) is 0 Å². The van der Waals surface area contributed by atoms with E-state index in [9.17, 15) is 19.1 Å². The minimum Gasteiger partial charge on any atom is -0.391 e. The molecule has 1 aromatic rings. The second-order valence-corrected chi connectivity index (χ2v) is 5.04. The van der Waals surface area contributed by atoms with Crippen molar-refractivity contribution in [3.05, 3.63) is 29.6 Å². The smallest absolute Gasteiger partial charge is 0.251 e. The molecule has 0 spiro atoms. The SMILES string of the molecule is CCC(C)C(O)CNC(=O)c1ccc(F)c(NC(C)=O)c1. The fourth-order valence-corrected chi connectivity index (χ4v) is 1.72. The van der Waals surface area contributed by atoms with Gasteiger partial charge in [-0.15, -0.1) is 0 Å². The minimum absolute atomic E-state index is 0.0439. The fourth-order valence-electron chi connectivity index (χ4n) is 1.72. The lowest BCUT2D eigenvalue weighted by Gasteiger charge is -2.17. The van der Waals surface area contributed by atoms with E-state index in [0.717, 1.165) is 12.5 Å². The van der Waals surface area contributed by atoms with Crippen LogP contribution in [0.1, 0.15) is 37.6 Å². The first kappa shape index (κ1) is 17.1. The topological polar surface area (TPSA) is 78.4 Å². The Morgan fingerprint density at radius 1 is 1.38 bits per heavy atom. The van der Waals surface area contributed by atoms with Crippen LogP contribution in [-0.2, 0) is 4.79 Å². The summed E-state index contributed by atoms with van der Waals surface area (Å²) in [6.07, 6.45) is 0.175. The van der Waals surface area contributed by atoms with Gasteiger partial charge in [-0.2, -0.15) is 0 Å². The first-order chi connectivity index (χ1) is 9.85. The Balaban J connectivity index is 2.72. The van der Waals surface area contributed by atoms with Gasteiger partial charge in [0.05, 0.1) is 11.8 Å². The molecule has 0 bridgehead atoms. The molecule has 2 unspecified atom stereocenters. The molecule has 1 rings (SSSR count). The van der Waals surface area contributed by atoms with Crippen molar-refractivity contribution in [3.8, 4) is 0 Å². The lowest BCUT2D eigenvalue weighted by molar-refractivity contribution is -0.114. The van der Waals surface area contributed by atoms with Gasteiger partial charge in [0, 0.05) is 19.0 Å². The first-order valence-electron chi connectivity index (χ1n) is 6.88. The number of hydrogen-bond acceptors (Lipinski definition) is 3. The molecule has 6 heteroatoms. The summed E-state index contributed by atoms with van der Waals surface area (Å²) in [6.45, 7) is 5.23. The summed E-state index contributed by atoms with van der Waals surface area (Å²) in [5.41, 5.74) is 0.175. The van der Waals surface area contributed by atoms with Gasteiger partial charge in [-0.3, -0.25) is 9.59 Å². The number of halogens is 1. The number of aliphatic hydroxyl groups is 1. The molecule has 5 nitrogen and oxygen atoms in total. The monoisotopic (exact) mass is 296 g/mol. The molecule has 0 heterocycles. The van der Waals surface area contributed by atoms with Gasteiger partial charge < -0.3 is 15.7 Å². The van der Waals surface area contributed by atoms with Gasteiger partial charge >= 0.3 is 0 Å². The zero-order valence-electron chi connectivity index (χ0n) is 12.4. The third-order valence-corrected chi connectivity index (χ3v) is 3.31. The van der Waals surface area contributed by atoms with Crippen LogP contribution in [0.3, 0.4) is 0 Å². The Kier molecular flexibility index (Phi) is 6.30. The summed E-state index contributed by atoms with van der Waals surface area (Å²) in [7, 11) is 0. The summed E-state index contributed by atoms with van der Waals surface area (Å²) in [4.78, 5) is 22.9. The maximum atomic E-state index is 13.5. The highest BCUT2D eigenvalue weighted by atomic mass is 19.1. The van der Waals surface area contributed by atoms with Crippen molar-refractivity contribution in [2.75, 3.05) is 11.9 Å². The van der Waals surface area contributed by atoms with Gasteiger partial charge in [-0.25, -0.2) is 4.39 Å². The standard InChI is InChI=1S/C15H21FN2O3/c1-4-9(2)14(20)8-17-15(21)11-5-6-12(16)13(7-11)18-10(3)19/h5-7,9,14,20H,4,8H2,1-3H3,(H,17,21)(H,18,19). The van der Waals surface area contributed by atoms with Crippen LogP contribution >= 0.6 is 0 Å². The van der Waals surface area contributed by atoms with Gasteiger partial charge in [0.1, 0.15) is 5.82 Å². The van der Waals surface area contributed by atoms with Gasteiger partial charge in [-0.05, 0) is 24.1 Å². The fraction of sp³-hybridized carbons (Fsp3) is 0.467. The highest BCUT2D eigenvalue weighted by Crippen LogP contribution is 2.16. The van der Waals surface area contributed by atoms with Crippen LogP contribution in [0.25, 0.3) is 0 Å². The zero-order valence-corrected chi connectivity index (χ0v) is 12.4. The number of hydrogen-bond donors (Lipinski definition) is 3. The summed E-state index contributed by atoms with van der Waals surface area (Å²) in [6, 6.07) is 3.71. The number of amides is 2. The van der Waals surface area contributed by atoms with Crippen molar-refractivity contribution in [3.63, 3.8) is 0 Å².